The molecule has 0 aliphatic carbocycles. The van der Waals surface area contributed by atoms with Crippen molar-refractivity contribution >= 4 is 0 Å². The van der Waals surface area contributed by atoms with E-state index in [9.17, 15) is 13.9 Å². The largest absolute Gasteiger partial charge is 0.384 e. The lowest BCUT2D eigenvalue weighted by Gasteiger charge is -2.14. The van der Waals surface area contributed by atoms with Crippen LogP contribution in [0.5, 0.6) is 0 Å². The maximum absolute atomic E-state index is 13.8. The Morgan fingerprint density at radius 2 is 1.62 bits per heavy atom. The first-order valence-electron chi connectivity index (χ1n) is 7.11. The predicted octanol–water partition coefficient (Wildman–Crippen LogP) is 4.55. The number of rotatable bonds is 4. The third kappa shape index (κ3) is 3.67. The number of aliphatic hydroxyl groups excluding tert-OH is 1. The van der Waals surface area contributed by atoms with Crippen molar-refractivity contribution in [1.82, 2.24) is 0 Å². The molecule has 0 bridgehead atoms. The molecule has 1 unspecified atom stereocenters. The summed E-state index contributed by atoms with van der Waals surface area (Å²) >= 11 is 0. The topological polar surface area (TPSA) is 20.2 Å². The average molecular weight is 290 g/mol. The maximum atomic E-state index is 13.8. The second-order valence-corrected chi connectivity index (χ2v) is 5.86. The standard InChI is InChI=1S/C18H20F2O/c1-11(2)8-13-4-6-14(7-5-13)18(21)15-9-12(3)16(19)10-17(15)20/h4-7,9-11,18,21H,8H2,1-3H3. The monoisotopic (exact) mass is 290 g/mol. The summed E-state index contributed by atoms with van der Waals surface area (Å²) in [7, 11) is 0. The first kappa shape index (κ1) is 15.6. The van der Waals surface area contributed by atoms with Gasteiger partial charge in [0.05, 0.1) is 0 Å². The van der Waals surface area contributed by atoms with Crippen LogP contribution in [-0.4, -0.2) is 5.11 Å². The Balaban J connectivity index is 2.27. The molecule has 0 amide bonds. The van der Waals surface area contributed by atoms with E-state index in [0.717, 1.165) is 12.5 Å². The number of hydrogen-bond donors (Lipinski definition) is 1. The third-order valence-corrected chi connectivity index (χ3v) is 3.51. The molecule has 3 heteroatoms. The van der Waals surface area contributed by atoms with Gasteiger partial charge in [0, 0.05) is 11.6 Å². The number of aliphatic hydroxyl groups is 1. The minimum atomic E-state index is -1.09. The fourth-order valence-electron chi connectivity index (χ4n) is 2.38. The molecule has 21 heavy (non-hydrogen) atoms. The van der Waals surface area contributed by atoms with Gasteiger partial charge in [0.15, 0.2) is 0 Å². The number of aryl methyl sites for hydroxylation is 1. The second-order valence-electron chi connectivity index (χ2n) is 5.86. The molecule has 1 atom stereocenters. The molecule has 0 saturated heterocycles. The molecule has 0 aliphatic rings. The summed E-state index contributed by atoms with van der Waals surface area (Å²) in [6.45, 7) is 5.83. The highest BCUT2D eigenvalue weighted by Crippen LogP contribution is 2.27. The Morgan fingerprint density at radius 1 is 1.00 bits per heavy atom. The van der Waals surface area contributed by atoms with Crippen molar-refractivity contribution in [3.05, 3.63) is 70.3 Å². The zero-order valence-corrected chi connectivity index (χ0v) is 12.5. The van der Waals surface area contributed by atoms with Crippen LogP contribution in [0.2, 0.25) is 0 Å². The Labute approximate surface area is 124 Å². The van der Waals surface area contributed by atoms with Crippen molar-refractivity contribution in [1.29, 1.82) is 0 Å². The van der Waals surface area contributed by atoms with E-state index >= 15 is 0 Å². The Morgan fingerprint density at radius 3 is 2.19 bits per heavy atom. The van der Waals surface area contributed by atoms with Crippen LogP contribution in [-0.2, 0) is 6.42 Å². The maximum Gasteiger partial charge on any atom is 0.132 e. The molecule has 0 aliphatic heterocycles. The average Bonchev–Trinajstić information content (AvgIpc) is 2.42. The molecule has 2 aromatic rings. The smallest absolute Gasteiger partial charge is 0.132 e. The molecule has 1 nitrogen and oxygen atoms in total. The highest BCUT2D eigenvalue weighted by atomic mass is 19.1. The summed E-state index contributed by atoms with van der Waals surface area (Å²) in [5, 5.41) is 10.3. The van der Waals surface area contributed by atoms with Gasteiger partial charge in [-0.3, -0.25) is 0 Å². The quantitative estimate of drug-likeness (QED) is 0.875. The molecule has 2 rings (SSSR count). The molecule has 1 N–H and O–H groups in total. The molecule has 0 saturated carbocycles. The van der Waals surface area contributed by atoms with Gasteiger partial charge in [-0.05, 0) is 42.0 Å². The van der Waals surface area contributed by atoms with Crippen molar-refractivity contribution in [3.8, 4) is 0 Å². The summed E-state index contributed by atoms with van der Waals surface area (Å²) in [4.78, 5) is 0. The van der Waals surface area contributed by atoms with E-state index in [1.807, 2.05) is 12.1 Å². The van der Waals surface area contributed by atoms with Crippen LogP contribution in [0.25, 0.3) is 0 Å². The highest BCUT2D eigenvalue weighted by Gasteiger charge is 2.17. The fourth-order valence-corrected chi connectivity index (χ4v) is 2.38. The lowest BCUT2D eigenvalue weighted by atomic mass is 9.96. The summed E-state index contributed by atoms with van der Waals surface area (Å²) in [6.07, 6.45) is -0.127. The van der Waals surface area contributed by atoms with Gasteiger partial charge >= 0.3 is 0 Å². The van der Waals surface area contributed by atoms with E-state index in [1.54, 1.807) is 19.1 Å². The summed E-state index contributed by atoms with van der Waals surface area (Å²) in [6, 6.07) is 9.64. The molecule has 0 fully saturated rings. The van der Waals surface area contributed by atoms with Crippen molar-refractivity contribution in [2.24, 2.45) is 5.92 Å². The number of hydrogen-bond acceptors (Lipinski definition) is 1. The van der Waals surface area contributed by atoms with Crippen LogP contribution in [0, 0.1) is 24.5 Å². The summed E-state index contributed by atoms with van der Waals surface area (Å²) in [5.41, 5.74) is 2.21. The van der Waals surface area contributed by atoms with Crippen LogP contribution < -0.4 is 0 Å². The molecule has 0 aromatic heterocycles. The molecule has 2 aromatic carbocycles. The minimum absolute atomic E-state index is 0.102. The Bertz CT molecular complexity index is 618. The first-order valence-corrected chi connectivity index (χ1v) is 7.11. The van der Waals surface area contributed by atoms with E-state index in [-0.39, 0.29) is 5.56 Å². The first-order chi connectivity index (χ1) is 9.88. The predicted molar refractivity (Wildman–Crippen MR) is 80.1 cm³/mol. The van der Waals surface area contributed by atoms with E-state index in [4.69, 9.17) is 0 Å². The second kappa shape index (κ2) is 6.35. The van der Waals surface area contributed by atoms with Crippen LogP contribution >= 0.6 is 0 Å². The molecule has 112 valence electrons. The molecule has 0 heterocycles. The van der Waals surface area contributed by atoms with Crippen molar-refractivity contribution in [2.75, 3.05) is 0 Å². The van der Waals surface area contributed by atoms with Crippen molar-refractivity contribution < 1.29 is 13.9 Å². The molecule has 0 spiro atoms. The normalized spacial score (nSPS) is 12.7. The lowest BCUT2D eigenvalue weighted by molar-refractivity contribution is 0.214. The van der Waals surface area contributed by atoms with Gasteiger partial charge in [0.2, 0.25) is 0 Å². The van der Waals surface area contributed by atoms with Gasteiger partial charge in [-0.2, -0.15) is 0 Å². The van der Waals surface area contributed by atoms with E-state index in [0.29, 0.717) is 17.0 Å². The summed E-state index contributed by atoms with van der Waals surface area (Å²) in [5.74, 6) is -0.773. The zero-order chi connectivity index (χ0) is 15.6. The van der Waals surface area contributed by atoms with Crippen molar-refractivity contribution in [2.45, 2.75) is 33.3 Å². The van der Waals surface area contributed by atoms with E-state index in [1.165, 1.54) is 11.6 Å². The number of benzene rings is 2. The Hall–Kier alpha value is -1.74. The van der Waals surface area contributed by atoms with Gasteiger partial charge in [-0.1, -0.05) is 38.1 Å². The van der Waals surface area contributed by atoms with Gasteiger partial charge < -0.3 is 5.11 Å². The van der Waals surface area contributed by atoms with E-state index in [2.05, 4.69) is 13.8 Å². The van der Waals surface area contributed by atoms with Crippen LogP contribution in [0.1, 0.15) is 42.2 Å². The third-order valence-electron chi connectivity index (χ3n) is 3.51. The minimum Gasteiger partial charge on any atom is -0.384 e. The molecular formula is C18H20F2O. The molecule has 0 radical (unpaired) electrons. The number of halogens is 2. The fraction of sp³-hybridized carbons (Fsp3) is 0.333. The SMILES string of the molecule is Cc1cc(C(O)c2ccc(CC(C)C)cc2)c(F)cc1F. The van der Waals surface area contributed by atoms with Gasteiger partial charge in [0.1, 0.15) is 17.7 Å². The van der Waals surface area contributed by atoms with Crippen LogP contribution in [0.15, 0.2) is 36.4 Å². The van der Waals surface area contributed by atoms with E-state index < -0.39 is 17.7 Å². The molecular weight excluding hydrogens is 270 g/mol. The van der Waals surface area contributed by atoms with Gasteiger partial charge in [-0.25, -0.2) is 8.78 Å². The zero-order valence-electron chi connectivity index (χ0n) is 12.5. The highest BCUT2D eigenvalue weighted by molar-refractivity contribution is 5.35. The van der Waals surface area contributed by atoms with Crippen LogP contribution in [0.4, 0.5) is 8.78 Å². The lowest BCUT2D eigenvalue weighted by Crippen LogP contribution is -2.05. The Kier molecular flexibility index (Phi) is 4.73. The summed E-state index contributed by atoms with van der Waals surface area (Å²) < 4.78 is 27.1. The van der Waals surface area contributed by atoms with Crippen molar-refractivity contribution in [3.63, 3.8) is 0 Å². The van der Waals surface area contributed by atoms with Crippen LogP contribution in [0.3, 0.4) is 0 Å². The van der Waals surface area contributed by atoms with Gasteiger partial charge in [0.25, 0.3) is 0 Å². The van der Waals surface area contributed by atoms with Gasteiger partial charge in [-0.15, -0.1) is 0 Å².